The predicted molar refractivity (Wildman–Crippen MR) is 113 cm³/mol. The fraction of sp³-hybridized carbons (Fsp3) is 0.130. The molecule has 0 aliphatic carbocycles. The molecule has 3 aromatic rings. The average molecular weight is 424 g/mol. The van der Waals surface area contributed by atoms with Crippen molar-refractivity contribution in [2.75, 3.05) is 6.61 Å². The second kappa shape index (κ2) is 9.68. The van der Waals surface area contributed by atoms with Crippen molar-refractivity contribution >= 4 is 29.2 Å². The van der Waals surface area contributed by atoms with E-state index in [-0.39, 0.29) is 12.4 Å². The molecule has 0 radical (unpaired) electrons. The smallest absolute Gasteiger partial charge is 0.371 e. The monoisotopic (exact) mass is 423 g/mol. The van der Waals surface area contributed by atoms with Crippen LogP contribution in [0.15, 0.2) is 59.0 Å². The number of hydrogen-bond donors (Lipinski definition) is 1. The number of ether oxygens (including phenoxy) is 2. The molecule has 0 spiro atoms. The van der Waals surface area contributed by atoms with Crippen molar-refractivity contribution in [3.8, 4) is 17.6 Å². The Balaban J connectivity index is 1.83. The second-order valence-electron chi connectivity index (χ2n) is 6.18. The van der Waals surface area contributed by atoms with Crippen molar-refractivity contribution in [3.05, 3.63) is 82.3 Å². The molecule has 2 aromatic carbocycles. The summed E-state index contributed by atoms with van der Waals surface area (Å²) in [6.45, 7) is 2.33. The third-order valence-electron chi connectivity index (χ3n) is 4.08. The SMILES string of the molecule is CCOc1cc(C=C(C#N)c2cccc(Cl)c2)ccc1OCc1ccc(C(=O)O)o1. The van der Waals surface area contributed by atoms with Gasteiger partial charge < -0.3 is 19.0 Å². The fourth-order valence-corrected chi connectivity index (χ4v) is 2.91. The zero-order chi connectivity index (χ0) is 21.5. The fourth-order valence-electron chi connectivity index (χ4n) is 2.72. The summed E-state index contributed by atoms with van der Waals surface area (Å²) in [5.74, 6) is 0.0688. The Kier molecular flexibility index (Phi) is 6.79. The maximum atomic E-state index is 10.9. The molecule has 1 aromatic heterocycles. The van der Waals surface area contributed by atoms with Crippen LogP contribution in [0.5, 0.6) is 11.5 Å². The van der Waals surface area contributed by atoms with E-state index < -0.39 is 5.97 Å². The van der Waals surface area contributed by atoms with Gasteiger partial charge in [0.15, 0.2) is 11.5 Å². The number of benzene rings is 2. The highest BCUT2D eigenvalue weighted by Crippen LogP contribution is 2.31. The van der Waals surface area contributed by atoms with Gasteiger partial charge in [-0.3, -0.25) is 0 Å². The molecular formula is C23H18ClNO5. The van der Waals surface area contributed by atoms with Crippen LogP contribution in [0.2, 0.25) is 5.02 Å². The van der Waals surface area contributed by atoms with Crippen LogP contribution in [0.4, 0.5) is 0 Å². The van der Waals surface area contributed by atoms with Gasteiger partial charge in [-0.15, -0.1) is 0 Å². The minimum Gasteiger partial charge on any atom is -0.490 e. The first-order valence-electron chi connectivity index (χ1n) is 9.09. The molecule has 0 amide bonds. The molecule has 1 heterocycles. The first-order chi connectivity index (χ1) is 14.5. The van der Waals surface area contributed by atoms with Gasteiger partial charge in [0.2, 0.25) is 5.76 Å². The van der Waals surface area contributed by atoms with Gasteiger partial charge in [-0.1, -0.05) is 29.8 Å². The lowest BCUT2D eigenvalue weighted by atomic mass is 10.0. The maximum absolute atomic E-state index is 10.9. The standard InChI is InChI=1S/C23H18ClNO5/c1-2-28-22-11-15(10-17(13-25)16-4-3-5-18(24)12-16)6-8-20(22)29-14-19-7-9-21(30-19)23(26)27/h3-12H,2,14H2,1H3,(H,26,27). The molecule has 0 bridgehead atoms. The molecule has 0 saturated heterocycles. The molecule has 3 rings (SSSR count). The van der Waals surface area contributed by atoms with Gasteiger partial charge in [0.1, 0.15) is 12.4 Å². The molecule has 0 saturated carbocycles. The van der Waals surface area contributed by atoms with E-state index in [4.69, 9.17) is 30.6 Å². The van der Waals surface area contributed by atoms with E-state index in [1.807, 2.05) is 13.0 Å². The van der Waals surface area contributed by atoms with E-state index in [2.05, 4.69) is 6.07 Å². The van der Waals surface area contributed by atoms with Crippen LogP contribution in [-0.4, -0.2) is 17.7 Å². The molecule has 0 fully saturated rings. The zero-order valence-electron chi connectivity index (χ0n) is 16.1. The normalized spacial score (nSPS) is 11.0. The van der Waals surface area contributed by atoms with Crippen LogP contribution in [0.25, 0.3) is 11.6 Å². The molecular weight excluding hydrogens is 406 g/mol. The summed E-state index contributed by atoms with van der Waals surface area (Å²) in [6.07, 6.45) is 1.74. The summed E-state index contributed by atoms with van der Waals surface area (Å²) in [7, 11) is 0. The minimum atomic E-state index is -1.14. The number of hydrogen-bond acceptors (Lipinski definition) is 5. The van der Waals surface area contributed by atoms with Crippen molar-refractivity contribution in [2.24, 2.45) is 0 Å². The topological polar surface area (TPSA) is 92.7 Å². The molecule has 0 atom stereocenters. The maximum Gasteiger partial charge on any atom is 0.371 e. The van der Waals surface area contributed by atoms with Gasteiger partial charge in [0.05, 0.1) is 18.2 Å². The third-order valence-corrected chi connectivity index (χ3v) is 4.31. The summed E-state index contributed by atoms with van der Waals surface area (Å²) in [6, 6.07) is 17.5. The number of carboxylic acid groups (broad SMARTS) is 1. The second-order valence-corrected chi connectivity index (χ2v) is 6.62. The van der Waals surface area contributed by atoms with Crippen LogP contribution in [-0.2, 0) is 6.61 Å². The molecule has 6 nitrogen and oxygen atoms in total. The van der Waals surface area contributed by atoms with E-state index in [0.29, 0.717) is 34.5 Å². The Labute approximate surface area is 178 Å². The number of rotatable bonds is 8. The Morgan fingerprint density at radius 2 is 2.00 bits per heavy atom. The van der Waals surface area contributed by atoms with Crippen molar-refractivity contribution in [1.82, 2.24) is 0 Å². The van der Waals surface area contributed by atoms with E-state index in [0.717, 1.165) is 11.1 Å². The first-order valence-corrected chi connectivity index (χ1v) is 9.47. The van der Waals surface area contributed by atoms with E-state index in [1.165, 1.54) is 6.07 Å². The van der Waals surface area contributed by atoms with Gasteiger partial charge in [-0.2, -0.15) is 5.26 Å². The van der Waals surface area contributed by atoms with E-state index in [9.17, 15) is 10.1 Å². The molecule has 1 N–H and O–H groups in total. The molecule has 0 aliphatic rings. The number of allylic oxidation sites excluding steroid dienone is 1. The molecule has 152 valence electrons. The third kappa shape index (κ3) is 5.22. The summed E-state index contributed by atoms with van der Waals surface area (Å²) in [5, 5.41) is 19.0. The summed E-state index contributed by atoms with van der Waals surface area (Å²) >= 11 is 6.03. The average Bonchev–Trinajstić information content (AvgIpc) is 3.21. The molecule has 0 aliphatic heterocycles. The number of nitrogens with zero attached hydrogens (tertiary/aromatic N) is 1. The molecule has 30 heavy (non-hydrogen) atoms. The predicted octanol–water partition coefficient (Wildman–Crippen LogP) is 5.67. The lowest BCUT2D eigenvalue weighted by Gasteiger charge is -2.12. The van der Waals surface area contributed by atoms with Gasteiger partial charge >= 0.3 is 5.97 Å². The highest BCUT2D eigenvalue weighted by molar-refractivity contribution is 6.30. The van der Waals surface area contributed by atoms with Gasteiger partial charge in [0.25, 0.3) is 0 Å². The van der Waals surface area contributed by atoms with Crippen molar-refractivity contribution in [1.29, 1.82) is 5.26 Å². The summed E-state index contributed by atoms with van der Waals surface area (Å²) in [4.78, 5) is 10.9. The largest absolute Gasteiger partial charge is 0.490 e. The molecule has 7 heteroatoms. The summed E-state index contributed by atoms with van der Waals surface area (Å²) < 4.78 is 16.6. The lowest BCUT2D eigenvalue weighted by molar-refractivity contribution is 0.0658. The number of aromatic carboxylic acids is 1. The first kappa shape index (κ1) is 21.0. The van der Waals surface area contributed by atoms with Crippen LogP contribution >= 0.6 is 11.6 Å². The minimum absolute atomic E-state index is 0.0501. The number of halogens is 1. The van der Waals surface area contributed by atoms with Crippen molar-refractivity contribution in [3.63, 3.8) is 0 Å². The number of carbonyl (C=O) groups is 1. The number of nitriles is 1. The van der Waals surface area contributed by atoms with Crippen molar-refractivity contribution in [2.45, 2.75) is 13.5 Å². The zero-order valence-corrected chi connectivity index (χ0v) is 16.8. The van der Waals surface area contributed by atoms with Gasteiger partial charge in [0, 0.05) is 5.02 Å². The summed E-state index contributed by atoms with van der Waals surface area (Å²) in [5.41, 5.74) is 1.94. The van der Waals surface area contributed by atoms with Crippen LogP contribution < -0.4 is 9.47 Å². The number of furan rings is 1. The van der Waals surface area contributed by atoms with E-state index >= 15 is 0 Å². The lowest BCUT2D eigenvalue weighted by Crippen LogP contribution is -1.99. The van der Waals surface area contributed by atoms with E-state index in [1.54, 1.807) is 48.5 Å². The Morgan fingerprint density at radius 3 is 2.67 bits per heavy atom. The Hall–Kier alpha value is -3.69. The van der Waals surface area contributed by atoms with Crippen LogP contribution in [0.1, 0.15) is 34.4 Å². The van der Waals surface area contributed by atoms with Crippen molar-refractivity contribution < 1.29 is 23.8 Å². The van der Waals surface area contributed by atoms with Gasteiger partial charge in [-0.05, 0) is 60.5 Å². The molecule has 0 unspecified atom stereocenters. The highest BCUT2D eigenvalue weighted by Gasteiger charge is 2.12. The van der Waals surface area contributed by atoms with Crippen LogP contribution in [0, 0.1) is 11.3 Å². The Morgan fingerprint density at radius 1 is 1.17 bits per heavy atom. The highest BCUT2D eigenvalue weighted by atomic mass is 35.5. The quantitative estimate of drug-likeness (QED) is 0.370. The number of carboxylic acids is 1. The Bertz CT molecular complexity index is 1130. The van der Waals surface area contributed by atoms with Crippen LogP contribution in [0.3, 0.4) is 0 Å². The van der Waals surface area contributed by atoms with Gasteiger partial charge in [-0.25, -0.2) is 4.79 Å².